The van der Waals surface area contributed by atoms with E-state index in [0.717, 1.165) is 51.6 Å². The summed E-state index contributed by atoms with van der Waals surface area (Å²) in [6.07, 6.45) is 7.22. The van der Waals surface area contributed by atoms with Crippen LogP contribution in [0.1, 0.15) is 72.6 Å². The molecule has 1 aliphatic heterocycles. The first-order valence-corrected chi connectivity index (χ1v) is 9.70. The molecular weight excluding hydrogens is 302 g/mol. The average Bonchev–Trinajstić information content (AvgIpc) is 2.67. The van der Waals surface area contributed by atoms with E-state index in [2.05, 4.69) is 37.9 Å². The third-order valence-electron chi connectivity index (χ3n) is 5.04. The topological polar surface area (TPSA) is 52.6 Å². The molecule has 1 spiro atoms. The predicted molar refractivity (Wildman–Crippen MR) is 96.5 cm³/mol. The second-order valence-corrected chi connectivity index (χ2v) is 8.48. The van der Waals surface area contributed by atoms with Crippen LogP contribution in [-0.4, -0.2) is 47.0 Å². The lowest BCUT2D eigenvalue weighted by atomic mass is 9.84. The van der Waals surface area contributed by atoms with Crippen LogP contribution in [0.5, 0.6) is 0 Å². The molecule has 1 saturated carbocycles. The minimum atomic E-state index is -0.626. The first-order valence-electron chi connectivity index (χ1n) is 9.70. The first kappa shape index (κ1) is 19.2. The molecule has 2 rings (SSSR count). The zero-order valence-corrected chi connectivity index (χ0v) is 15.9. The van der Waals surface area contributed by atoms with Gasteiger partial charge in [0.1, 0.15) is 5.54 Å². The van der Waals surface area contributed by atoms with E-state index in [1.807, 2.05) is 0 Å². The van der Waals surface area contributed by atoms with Gasteiger partial charge in [0, 0.05) is 13.1 Å². The maximum Gasteiger partial charge on any atom is 0.326 e. The van der Waals surface area contributed by atoms with Gasteiger partial charge in [0.15, 0.2) is 0 Å². The normalized spacial score (nSPS) is 21.7. The number of carbonyl (C=O) groups is 2. The number of imide groups is 1. The van der Waals surface area contributed by atoms with E-state index >= 15 is 0 Å². The molecule has 0 aromatic carbocycles. The Morgan fingerprint density at radius 2 is 1.46 bits per heavy atom. The third kappa shape index (κ3) is 4.71. The monoisotopic (exact) mass is 337 g/mol. The van der Waals surface area contributed by atoms with E-state index in [-0.39, 0.29) is 11.9 Å². The van der Waals surface area contributed by atoms with E-state index in [9.17, 15) is 9.59 Å². The van der Waals surface area contributed by atoms with Crippen LogP contribution in [0, 0.1) is 11.8 Å². The number of urea groups is 1. The molecule has 0 unspecified atom stereocenters. The highest BCUT2D eigenvalue weighted by atomic mass is 16.2. The molecule has 5 nitrogen and oxygen atoms in total. The van der Waals surface area contributed by atoms with Gasteiger partial charge >= 0.3 is 6.03 Å². The van der Waals surface area contributed by atoms with Crippen molar-refractivity contribution in [2.75, 3.05) is 19.8 Å². The number of hydrogen-bond acceptors (Lipinski definition) is 3. The number of carbonyl (C=O) groups excluding carboxylic acids is 2. The lowest BCUT2D eigenvalue weighted by Crippen LogP contribution is -2.48. The lowest BCUT2D eigenvalue weighted by Gasteiger charge is -2.31. The van der Waals surface area contributed by atoms with Crippen LogP contribution >= 0.6 is 0 Å². The van der Waals surface area contributed by atoms with Crippen molar-refractivity contribution in [3.05, 3.63) is 0 Å². The Morgan fingerprint density at radius 1 is 0.958 bits per heavy atom. The molecule has 138 valence electrons. The summed E-state index contributed by atoms with van der Waals surface area (Å²) < 4.78 is 0. The Bertz CT molecular complexity index is 430. The van der Waals surface area contributed by atoms with Crippen molar-refractivity contribution in [1.29, 1.82) is 0 Å². The van der Waals surface area contributed by atoms with Crippen LogP contribution in [0.2, 0.25) is 0 Å². The van der Waals surface area contributed by atoms with Crippen molar-refractivity contribution < 1.29 is 9.59 Å². The van der Waals surface area contributed by atoms with Crippen LogP contribution in [0.4, 0.5) is 4.79 Å². The van der Waals surface area contributed by atoms with Crippen molar-refractivity contribution in [1.82, 2.24) is 15.1 Å². The average molecular weight is 338 g/mol. The summed E-state index contributed by atoms with van der Waals surface area (Å²) in [7, 11) is 0. The highest BCUT2D eigenvalue weighted by molar-refractivity contribution is 6.07. The van der Waals surface area contributed by atoms with E-state index in [1.165, 1.54) is 11.3 Å². The van der Waals surface area contributed by atoms with Crippen molar-refractivity contribution in [3.8, 4) is 0 Å². The summed E-state index contributed by atoms with van der Waals surface area (Å²) in [6.45, 7) is 10.9. The quantitative estimate of drug-likeness (QED) is 0.754. The molecule has 5 heteroatoms. The number of nitrogens with one attached hydrogen (secondary N) is 1. The highest BCUT2D eigenvalue weighted by Crippen LogP contribution is 2.32. The molecule has 1 heterocycles. The first-order chi connectivity index (χ1) is 11.3. The summed E-state index contributed by atoms with van der Waals surface area (Å²) in [5.74, 6) is 1.03. The SMILES string of the molecule is CC(C)CN(CC(C)C)CN1C(=O)NC2(CCCCCCC2)C1=O. The van der Waals surface area contributed by atoms with E-state index in [4.69, 9.17) is 0 Å². The van der Waals surface area contributed by atoms with Gasteiger partial charge in [0.05, 0.1) is 6.67 Å². The molecular formula is C19H35N3O2. The van der Waals surface area contributed by atoms with Crippen LogP contribution in [0.15, 0.2) is 0 Å². The minimum Gasteiger partial charge on any atom is -0.323 e. The Balaban J connectivity index is 2.08. The summed E-state index contributed by atoms with van der Waals surface area (Å²) in [6, 6.07) is -0.196. The van der Waals surface area contributed by atoms with Crippen molar-refractivity contribution >= 4 is 11.9 Å². The third-order valence-corrected chi connectivity index (χ3v) is 5.04. The number of amides is 3. The van der Waals surface area contributed by atoms with Crippen LogP contribution in [0.25, 0.3) is 0 Å². The summed E-state index contributed by atoms with van der Waals surface area (Å²) in [5.41, 5.74) is -0.626. The Hall–Kier alpha value is -1.10. The molecule has 24 heavy (non-hydrogen) atoms. The van der Waals surface area contributed by atoms with Gasteiger partial charge in [-0.1, -0.05) is 59.8 Å². The Labute approximate surface area is 147 Å². The second kappa shape index (κ2) is 8.32. The predicted octanol–water partition coefficient (Wildman–Crippen LogP) is 3.59. The van der Waals surface area contributed by atoms with Gasteiger partial charge in [-0.25, -0.2) is 9.69 Å². The molecule has 1 aliphatic carbocycles. The van der Waals surface area contributed by atoms with Crippen molar-refractivity contribution in [2.24, 2.45) is 11.8 Å². The van der Waals surface area contributed by atoms with Gasteiger partial charge in [-0.05, 0) is 24.7 Å². The van der Waals surface area contributed by atoms with Crippen LogP contribution in [-0.2, 0) is 4.79 Å². The molecule has 0 aromatic rings. The molecule has 0 bridgehead atoms. The zero-order chi connectivity index (χ0) is 17.7. The van der Waals surface area contributed by atoms with Crippen LogP contribution in [0.3, 0.4) is 0 Å². The number of rotatable bonds is 6. The van der Waals surface area contributed by atoms with Gasteiger partial charge in [-0.2, -0.15) is 0 Å². The second-order valence-electron chi connectivity index (χ2n) is 8.48. The highest BCUT2D eigenvalue weighted by Gasteiger charge is 2.50. The standard InChI is InChI=1S/C19H35N3O2/c1-15(2)12-21(13-16(3)4)14-22-17(23)19(20-18(22)24)10-8-6-5-7-9-11-19/h15-16H,5-14H2,1-4H3,(H,20,24). The van der Waals surface area contributed by atoms with E-state index in [1.54, 1.807) is 0 Å². The molecule has 0 aromatic heterocycles. The fourth-order valence-corrected chi connectivity index (χ4v) is 4.08. The number of hydrogen-bond donors (Lipinski definition) is 1. The van der Waals surface area contributed by atoms with Gasteiger partial charge < -0.3 is 5.32 Å². The zero-order valence-electron chi connectivity index (χ0n) is 15.9. The number of nitrogens with zero attached hydrogens (tertiary/aromatic N) is 2. The van der Waals surface area contributed by atoms with Gasteiger partial charge in [0.25, 0.3) is 5.91 Å². The molecule has 3 amide bonds. The summed E-state index contributed by atoms with van der Waals surface area (Å²) in [5, 5.41) is 3.06. The van der Waals surface area contributed by atoms with Crippen LogP contribution < -0.4 is 5.32 Å². The molecule has 0 radical (unpaired) electrons. The van der Waals surface area contributed by atoms with E-state index < -0.39 is 5.54 Å². The smallest absolute Gasteiger partial charge is 0.323 e. The largest absolute Gasteiger partial charge is 0.326 e. The molecule has 0 atom stereocenters. The van der Waals surface area contributed by atoms with Crippen molar-refractivity contribution in [3.63, 3.8) is 0 Å². The maximum absolute atomic E-state index is 13.1. The van der Waals surface area contributed by atoms with Gasteiger partial charge in [-0.15, -0.1) is 0 Å². The van der Waals surface area contributed by atoms with E-state index in [0.29, 0.717) is 18.5 Å². The Morgan fingerprint density at radius 3 is 1.96 bits per heavy atom. The fourth-order valence-electron chi connectivity index (χ4n) is 4.08. The molecule has 2 fully saturated rings. The Kier molecular flexibility index (Phi) is 6.67. The van der Waals surface area contributed by atoms with Gasteiger partial charge in [0.2, 0.25) is 0 Å². The fraction of sp³-hybridized carbons (Fsp3) is 0.895. The minimum absolute atomic E-state index is 0.00640. The summed E-state index contributed by atoms with van der Waals surface area (Å²) >= 11 is 0. The summed E-state index contributed by atoms with van der Waals surface area (Å²) in [4.78, 5) is 29.3. The lowest BCUT2D eigenvalue weighted by molar-refractivity contribution is -0.133. The molecule has 1 saturated heterocycles. The molecule has 1 N–H and O–H groups in total. The van der Waals surface area contributed by atoms with Crippen molar-refractivity contribution in [2.45, 2.75) is 78.2 Å². The maximum atomic E-state index is 13.1. The molecule has 2 aliphatic rings. The van der Waals surface area contributed by atoms with Gasteiger partial charge in [-0.3, -0.25) is 9.69 Å².